The van der Waals surface area contributed by atoms with Crippen LogP contribution in [0, 0.1) is 15.9 Å². The minimum absolute atomic E-state index is 0.0443. The highest BCUT2D eigenvalue weighted by molar-refractivity contribution is 5.99. The summed E-state index contributed by atoms with van der Waals surface area (Å²) in [7, 11) is 0. The van der Waals surface area contributed by atoms with Crippen LogP contribution in [0.3, 0.4) is 0 Å². The van der Waals surface area contributed by atoms with E-state index in [4.69, 9.17) is 4.74 Å². The Morgan fingerprint density at radius 2 is 2.12 bits per heavy atom. The van der Waals surface area contributed by atoms with E-state index < -0.39 is 40.1 Å². The van der Waals surface area contributed by atoms with E-state index in [0.717, 1.165) is 12.1 Å². The van der Waals surface area contributed by atoms with E-state index in [9.17, 15) is 24.1 Å². The minimum Gasteiger partial charge on any atom is -0.443 e. The average molecular weight is 354 g/mol. The second kappa shape index (κ2) is 7.01. The molecule has 10 heteroatoms. The van der Waals surface area contributed by atoms with Crippen LogP contribution in [0.2, 0.25) is 0 Å². The van der Waals surface area contributed by atoms with Gasteiger partial charge >= 0.3 is 6.09 Å². The maximum Gasteiger partial charge on any atom is 0.422 e. The first-order valence-corrected chi connectivity index (χ1v) is 7.58. The van der Waals surface area contributed by atoms with Crippen molar-refractivity contribution in [3.63, 3.8) is 0 Å². The van der Waals surface area contributed by atoms with Crippen molar-refractivity contribution in [3.8, 4) is 0 Å². The van der Waals surface area contributed by atoms with E-state index in [2.05, 4.69) is 10.9 Å². The highest BCUT2D eigenvalue weighted by atomic mass is 19.1. The second-order valence-electron chi connectivity index (χ2n) is 6.50. The molecule has 136 valence electrons. The molecule has 0 bridgehead atoms. The third-order valence-corrected chi connectivity index (χ3v) is 3.39. The lowest BCUT2D eigenvalue weighted by Crippen LogP contribution is -2.49. The summed E-state index contributed by atoms with van der Waals surface area (Å²) < 4.78 is 19.1. The van der Waals surface area contributed by atoms with Crippen molar-refractivity contribution < 1.29 is 23.6 Å². The number of anilines is 1. The van der Waals surface area contributed by atoms with Crippen molar-refractivity contribution in [2.45, 2.75) is 38.8 Å². The van der Waals surface area contributed by atoms with Crippen LogP contribution in [-0.4, -0.2) is 35.1 Å². The molecule has 0 radical (unpaired) electrons. The first-order chi connectivity index (χ1) is 11.6. The molecular formula is C15H19FN4O5. The Hall–Kier alpha value is -2.75. The number of non-ortho nitro benzene ring substituents is 1. The van der Waals surface area contributed by atoms with E-state index >= 15 is 0 Å². The van der Waals surface area contributed by atoms with E-state index in [-0.39, 0.29) is 12.2 Å². The molecule has 0 spiro atoms. The number of halogens is 1. The van der Waals surface area contributed by atoms with Gasteiger partial charge in [-0.3, -0.25) is 20.3 Å². The van der Waals surface area contributed by atoms with Gasteiger partial charge in [-0.05, 0) is 33.3 Å². The molecule has 1 aliphatic rings. The summed E-state index contributed by atoms with van der Waals surface area (Å²) in [6.45, 7) is 5.31. The Bertz CT molecular complexity index is 704. The normalized spacial score (nSPS) is 17.5. The fourth-order valence-electron chi connectivity index (χ4n) is 2.33. The topological polar surface area (TPSA) is 114 Å². The van der Waals surface area contributed by atoms with E-state index in [1.54, 1.807) is 20.8 Å². The fourth-order valence-corrected chi connectivity index (χ4v) is 2.33. The number of amides is 2. The molecule has 0 saturated carbocycles. The van der Waals surface area contributed by atoms with Crippen molar-refractivity contribution >= 4 is 23.4 Å². The highest BCUT2D eigenvalue weighted by Crippen LogP contribution is 2.27. The van der Waals surface area contributed by atoms with Gasteiger partial charge < -0.3 is 9.64 Å². The number of nitro benzene ring substituents is 1. The van der Waals surface area contributed by atoms with Gasteiger partial charge in [0.1, 0.15) is 11.6 Å². The zero-order chi connectivity index (χ0) is 18.8. The van der Waals surface area contributed by atoms with Crippen LogP contribution >= 0.6 is 0 Å². The van der Waals surface area contributed by atoms with Crippen molar-refractivity contribution in [2.75, 3.05) is 11.4 Å². The summed E-state index contributed by atoms with van der Waals surface area (Å²) in [5.41, 5.74) is 3.72. The van der Waals surface area contributed by atoms with Crippen LogP contribution in [0.25, 0.3) is 0 Å². The Kier molecular flexibility index (Phi) is 5.21. The molecule has 9 nitrogen and oxygen atoms in total. The zero-order valence-electron chi connectivity index (χ0n) is 14.0. The van der Waals surface area contributed by atoms with E-state index in [1.807, 2.05) is 0 Å². The molecule has 1 atom stereocenters. The van der Waals surface area contributed by atoms with Crippen LogP contribution in [-0.2, 0) is 9.53 Å². The van der Waals surface area contributed by atoms with E-state index in [0.29, 0.717) is 6.42 Å². The number of nitro groups is 1. The maximum atomic E-state index is 14.1. The second-order valence-corrected chi connectivity index (χ2v) is 6.50. The average Bonchev–Trinajstić information content (AvgIpc) is 2.84. The van der Waals surface area contributed by atoms with Gasteiger partial charge in [0, 0.05) is 12.6 Å². The molecule has 1 saturated heterocycles. The standard InChI is InChI=1S/C15H19FN4O5/c1-15(2,3)25-14(22)18-17-11-6-7-19(13(11)21)12-5-4-9(20(23)24)8-10(12)16/h4-5,8,11,17H,6-7H2,1-3H3,(H,18,22)/t11-/m0/s1. The number of carbonyl (C=O) groups excluding carboxylic acids is 2. The maximum absolute atomic E-state index is 14.1. The van der Waals surface area contributed by atoms with Crippen LogP contribution in [0.1, 0.15) is 27.2 Å². The smallest absolute Gasteiger partial charge is 0.422 e. The summed E-state index contributed by atoms with van der Waals surface area (Å²) in [5, 5.41) is 10.6. The SMILES string of the molecule is CC(C)(C)OC(=O)NN[C@H]1CCN(c2ccc([N+](=O)[O-])cc2F)C1=O. The van der Waals surface area contributed by atoms with Gasteiger partial charge in [0.2, 0.25) is 5.91 Å². The number of benzene rings is 1. The molecule has 25 heavy (non-hydrogen) atoms. The Labute approximate surface area is 143 Å². The van der Waals surface area contributed by atoms with Crippen LogP contribution < -0.4 is 15.8 Å². The number of ether oxygens (including phenoxy) is 1. The van der Waals surface area contributed by atoms with Gasteiger partial charge in [-0.1, -0.05) is 0 Å². The molecule has 2 rings (SSSR count). The predicted octanol–water partition coefficient (Wildman–Crippen LogP) is 1.87. The van der Waals surface area contributed by atoms with Crippen molar-refractivity contribution in [1.82, 2.24) is 10.9 Å². The van der Waals surface area contributed by atoms with Crippen molar-refractivity contribution in [1.29, 1.82) is 0 Å². The molecule has 1 heterocycles. The van der Waals surface area contributed by atoms with Gasteiger partial charge in [0.25, 0.3) is 5.69 Å². The lowest BCUT2D eigenvalue weighted by molar-refractivity contribution is -0.385. The van der Waals surface area contributed by atoms with E-state index in [1.165, 1.54) is 11.0 Å². The van der Waals surface area contributed by atoms with Gasteiger partial charge in [0.05, 0.1) is 16.7 Å². The summed E-state index contributed by atoms with van der Waals surface area (Å²) in [4.78, 5) is 35.0. The molecule has 1 aromatic carbocycles. The van der Waals surface area contributed by atoms with Gasteiger partial charge in [-0.25, -0.2) is 14.6 Å². The Morgan fingerprint density at radius 3 is 2.68 bits per heavy atom. The molecule has 1 fully saturated rings. The number of nitrogens with one attached hydrogen (secondary N) is 2. The molecule has 1 aromatic rings. The molecular weight excluding hydrogens is 335 g/mol. The van der Waals surface area contributed by atoms with Crippen LogP contribution in [0.4, 0.5) is 20.6 Å². The molecule has 0 aromatic heterocycles. The number of nitrogens with zero attached hydrogens (tertiary/aromatic N) is 2. The van der Waals surface area contributed by atoms with Gasteiger partial charge in [-0.2, -0.15) is 0 Å². The minimum atomic E-state index is -0.858. The number of hydrazine groups is 1. The first kappa shape index (κ1) is 18.6. The monoisotopic (exact) mass is 354 g/mol. The Morgan fingerprint density at radius 1 is 1.44 bits per heavy atom. The van der Waals surface area contributed by atoms with Gasteiger partial charge in [0.15, 0.2) is 5.82 Å². The first-order valence-electron chi connectivity index (χ1n) is 7.58. The van der Waals surface area contributed by atoms with Crippen LogP contribution in [0.5, 0.6) is 0 Å². The van der Waals surface area contributed by atoms with Crippen molar-refractivity contribution in [2.24, 2.45) is 0 Å². The lowest BCUT2D eigenvalue weighted by atomic mass is 10.2. The molecule has 2 N–H and O–H groups in total. The zero-order valence-corrected chi connectivity index (χ0v) is 14.0. The third-order valence-electron chi connectivity index (χ3n) is 3.39. The third kappa shape index (κ3) is 4.63. The fraction of sp³-hybridized carbons (Fsp3) is 0.467. The summed E-state index contributed by atoms with van der Waals surface area (Å²) in [6, 6.07) is 2.34. The Balaban J connectivity index is 2.00. The largest absolute Gasteiger partial charge is 0.443 e. The summed E-state index contributed by atoms with van der Waals surface area (Å²) >= 11 is 0. The summed E-state index contributed by atoms with van der Waals surface area (Å²) in [6.07, 6.45) is -0.411. The highest BCUT2D eigenvalue weighted by Gasteiger charge is 2.34. The van der Waals surface area contributed by atoms with Gasteiger partial charge in [-0.15, -0.1) is 0 Å². The van der Waals surface area contributed by atoms with Crippen molar-refractivity contribution in [3.05, 3.63) is 34.1 Å². The molecule has 2 amide bonds. The number of rotatable bonds is 4. The van der Waals surface area contributed by atoms with Crippen LogP contribution in [0.15, 0.2) is 18.2 Å². The lowest BCUT2D eigenvalue weighted by Gasteiger charge is -2.21. The summed E-state index contributed by atoms with van der Waals surface area (Å²) in [5.74, 6) is -1.31. The quantitative estimate of drug-likeness (QED) is 0.630. The number of carbonyl (C=O) groups is 2. The molecule has 0 aliphatic carbocycles. The number of hydrogen-bond donors (Lipinski definition) is 2. The molecule has 1 aliphatic heterocycles. The predicted molar refractivity (Wildman–Crippen MR) is 86.3 cm³/mol. The number of hydrogen-bond acceptors (Lipinski definition) is 6. The molecule has 0 unspecified atom stereocenters.